The molecule has 0 spiro atoms. The quantitative estimate of drug-likeness (QED) is 0.240. The molecule has 0 rings (SSSR count). The molecule has 0 aromatic carbocycles. The molecule has 0 N–H and O–H groups in total. The maximum atomic E-state index is 8.55. The minimum Gasteiger partial charge on any atom is -0.822 e. The van der Waals surface area contributed by atoms with Gasteiger partial charge >= 0.3 is 8.41 Å². The van der Waals surface area contributed by atoms with Crippen LogP contribution in [-0.2, 0) is 4.57 Å². The maximum Gasteiger partial charge on any atom is 3.00 e. The van der Waals surface area contributed by atoms with E-state index in [0.717, 1.165) is 0 Å². The predicted molar refractivity (Wildman–Crippen MR) is 13.4 cm³/mol. The summed E-state index contributed by atoms with van der Waals surface area (Å²) >= 11 is 0. The first-order chi connectivity index (χ1) is 2.00. The first kappa shape index (κ1) is 9.49. The molecule has 0 saturated heterocycles. The molecule has 0 radical (unpaired) electrons. The third-order valence-corrected chi connectivity index (χ3v) is 0. The van der Waals surface area contributed by atoms with Crippen molar-refractivity contribution in [2.45, 2.75) is 0 Å². The van der Waals surface area contributed by atoms with Crippen LogP contribution in [0.15, 0.2) is 0 Å². The molecule has 6 heteroatoms. The summed E-state index contributed by atoms with van der Waals surface area (Å²) in [7, 11) is -5.39. The van der Waals surface area contributed by atoms with E-state index in [1.807, 2.05) is 0 Å². The van der Waals surface area contributed by atoms with Crippen LogP contribution < -0.4 is 14.7 Å². The zero-order chi connectivity index (χ0) is 4.50. The van der Waals surface area contributed by atoms with E-state index in [-0.39, 0.29) is 8.41 Å². The van der Waals surface area contributed by atoms with E-state index in [2.05, 4.69) is 0 Å². The first-order valence-corrected chi connectivity index (χ1v) is 2.19. The van der Waals surface area contributed by atoms with Crippen LogP contribution in [0.3, 0.4) is 0 Å². The van der Waals surface area contributed by atoms with Gasteiger partial charge in [-0.15, -0.1) is 0 Å². The molecular weight excluding hydrogens is 106 g/mol. The van der Waals surface area contributed by atoms with Gasteiger partial charge in [0.15, 0.2) is 0 Å². The maximum absolute atomic E-state index is 8.55. The van der Waals surface area contributed by atoms with Gasteiger partial charge in [-0.3, -0.25) is 0 Å². The molecule has 0 heterocycles. The van der Waals surface area contributed by atoms with Crippen molar-refractivity contribution in [3.63, 3.8) is 0 Å². The fourth-order valence-corrected chi connectivity index (χ4v) is 0. The number of hydrogen-bond donors (Lipinski definition) is 0. The third-order valence-electron chi connectivity index (χ3n) is 0. The first-order valence-electron chi connectivity index (χ1n) is 0.730. The average Bonchev–Trinajstić information content (AvgIpc) is 0.722. The van der Waals surface area contributed by atoms with Crippen LogP contribution >= 0.6 is 7.82 Å². The van der Waals surface area contributed by atoms with E-state index in [1.165, 1.54) is 0 Å². The van der Waals surface area contributed by atoms with E-state index in [0.29, 0.717) is 0 Å². The Kier molecular flexibility index (Phi) is 3.74. The van der Waals surface area contributed by atoms with Crippen molar-refractivity contribution < 1.29 is 19.2 Å². The van der Waals surface area contributed by atoms with E-state index < -0.39 is 7.82 Å². The Hall–Kier alpha value is 0.175. The molecule has 0 aliphatic heterocycles. The van der Waals surface area contributed by atoms with Gasteiger partial charge in [-0.2, -0.15) is 7.82 Å². The van der Waals surface area contributed by atoms with Crippen molar-refractivity contribution in [3.05, 3.63) is 0 Å². The van der Waals surface area contributed by atoms with E-state index in [4.69, 9.17) is 19.2 Å². The fraction of sp³-hybridized carbons (Fsp3) is 0. The topological polar surface area (TPSA) is 86.2 Å². The zero-order valence-corrected chi connectivity index (χ0v) is 3.55. The van der Waals surface area contributed by atoms with Crippen LogP contribution in [0.1, 0.15) is 0 Å². The summed E-state index contributed by atoms with van der Waals surface area (Å²) in [6.45, 7) is 0. The molecule has 0 unspecified atom stereocenters. The van der Waals surface area contributed by atoms with Gasteiger partial charge in [0, 0.05) is 0 Å². The van der Waals surface area contributed by atoms with Crippen molar-refractivity contribution in [1.82, 2.24) is 0 Å². The van der Waals surface area contributed by atoms with Gasteiger partial charge in [0.05, 0.1) is 0 Å². The molecule has 0 aromatic heterocycles. The Morgan fingerprint density at radius 1 is 1.17 bits per heavy atom. The summed E-state index contributed by atoms with van der Waals surface area (Å²) in [6.07, 6.45) is 0. The second kappa shape index (κ2) is 2.37. The van der Waals surface area contributed by atoms with Gasteiger partial charge in [-0.05, 0) is 0 Å². The molecule has 0 bridgehead atoms. The van der Waals surface area contributed by atoms with Gasteiger partial charge in [0.1, 0.15) is 0 Å². The van der Waals surface area contributed by atoms with Gasteiger partial charge in [-0.25, -0.2) is 0 Å². The molecule has 32 valence electrons. The Morgan fingerprint density at radius 3 is 1.17 bits per heavy atom. The standard InChI is InChI=1S/B.H3O4P/c;1-5(2,3)4/h;(H3,1,2,3,4)/q+3;/p-3. The minimum atomic E-state index is -5.39. The molecule has 6 heavy (non-hydrogen) atoms. The summed E-state index contributed by atoms with van der Waals surface area (Å²) < 4.78 is 8.55. The second-order valence-corrected chi connectivity index (χ2v) is 1.34. The molecule has 0 aliphatic carbocycles. The second-order valence-electron chi connectivity index (χ2n) is 0.447. The largest absolute Gasteiger partial charge is 3.00 e. The van der Waals surface area contributed by atoms with Gasteiger partial charge < -0.3 is 19.2 Å². The zero-order valence-electron chi connectivity index (χ0n) is 2.66. The summed E-state index contributed by atoms with van der Waals surface area (Å²) in [5, 5.41) is 0. The summed E-state index contributed by atoms with van der Waals surface area (Å²) in [5.74, 6) is 0. The van der Waals surface area contributed by atoms with Crippen LogP contribution in [-0.4, -0.2) is 8.41 Å². The molecule has 0 aliphatic rings. The number of phosphoric acid groups is 1. The average molecular weight is 106 g/mol. The molecular formula is BO4P. The van der Waals surface area contributed by atoms with Crippen molar-refractivity contribution in [2.75, 3.05) is 0 Å². The van der Waals surface area contributed by atoms with Crippen LogP contribution in [0.2, 0.25) is 0 Å². The Morgan fingerprint density at radius 2 is 1.17 bits per heavy atom. The van der Waals surface area contributed by atoms with Crippen molar-refractivity contribution in [2.24, 2.45) is 0 Å². The van der Waals surface area contributed by atoms with Gasteiger partial charge in [-0.1, -0.05) is 0 Å². The predicted octanol–water partition coefficient (Wildman–Crippen LogP) is -3.21. The smallest absolute Gasteiger partial charge is 0.822 e. The number of rotatable bonds is 0. The van der Waals surface area contributed by atoms with Gasteiger partial charge in [0.2, 0.25) is 0 Å². The Bertz CT molecular complexity index is 53.7. The molecule has 0 atom stereocenters. The monoisotopic (exact) mass is 106 g/mol. The molecule has 0 amide bonds. The minimum absolute atomic E-state index is 0. The number of hydrogen-bond acceptors (Lipinski definition) is 4. The Labute approximate surface area is 36.6 Å². The van der Waals surface area contributed by atoms with E-state index >= 15 is 0 Å². The molecule has 0 aromatic rings. The van der Waals surface area contributed by atoms with Gasteiger partial charge in [0.25, 0.3) is 0 Å². The van der Waals surface area contributed by atoms with Crippen LogP contribution in [0.4, 0.5) is 0 Å². The normalized spacial score (nSPS) is 9.83. The SMILES string of the molecule is O=P([O-])([O-])[O-].[B+3]. The van der Waals surface area contributed by atoms with Crippen molar-refractivity contribution in [3.8, 4) is 0 Å². The van der Waals surface area contributed by atoms with Crippen LogP contribution in [0.5, 0.6) is 0 Å². The van der Waals surface area contributed by atoms with Crippen LogP contribution in [0, 0.1) is 0 Å². The van der Waals surface area contributed by atoms with E-state index in [1.54, 1.807) is 0 Å². The van der Waals surface area contributed by atoms with Crippen LogP contribution in [0.25, 0.3) is 0 Å². The summed E-state index contributed by atoms with van der Waals surface area (Å²) in [6, 6.07) is 0. The fourth-order valence-electron chi connectivity index (χ4n) is 0. The molecule has 0 fully saturated rings. The Balaban J connectivity index is 0. The summed E-state index contributed by atoms with van der Waals surface area (Å²) in [5.41, 5.74) is 0. The summed E-state index contributed by atoms with van der Waals surface area (Å²) in [4.78, 5) is 25.6. The third kappa shape index (κ3) is 1380. The van der Waals surface area contributed by atoms with Crippen molar-refractivity contribution in [1.29, 1.82) is 0 Å². The molecule has 4 nitrogen and oxygen atoms in total. The van der Waals surface area contributed by atoms with Crippen molar-refractivity contribution >= 4 is 16.2 Å². The van der Waals surface area contributed by atoms with E-state index in [9.17, 15) is 0 Å². The molecule has 0 saturated carbocycles.